The molecule has 0 aliphatic carbocycles. The van der Waals surface area contributed by atoms with Gasteiger partial charge in [-0.05, 0) is 18.5 Å². The first kappa shape index (κ1) is 11.1. The first-order chi connectivity index (χ1) is 7.72. The summed E-state index contributed by atoms with van der Waals surface area (Å²) in [4.78, 5) is 16.2. The fourth-order valence-corrected chi connectivity index (χ4v) is 2.04. The van der Waals surface area contributed by atoms with Crippen molar-refractivity contribution in [3.63, 3.8) is 0 Å². The molecule has 16 heavy (non-hydrogen) atoms. The molecule has 0 aromatic carbocycles. The number of carbonyl (C=O) groups is 1. The molecule has 0 saturated carbocycles. The molecule has 86 valence electrons. The number of pyridine rings is 1. The Bertz CT molecular complexity index is 392. The Morgan fingerprint density at radius 1 is 1.50 bits per heavy atom. The van der Waals surface area contributed by atoms with Gasteiger partial charge in [0.15, 0.2) is 5.78 Å². The number of Topliss-reactive ketones (excluding diaryl/α,β-unsaturated/α-hetero) is 1. The van der Waals surface area contributed by atoms with Crippen LogP contribution in [0.5, 0.6) is 5.75 Å². The molecule has 2 rings (SSSR count). The lowest BCUT2D eigenvalue weighted by molar-refractivity contribution is 0.0907. The molecule has 4 nitrogen and oxygen atoms in total. The van der Waals surface area contributed by atoms with Crippen LogP contribution in [0.25, 0.3) is 0 Å². The van der Waals surface area contributed by atoms with Crippen molar-refractivity contribution in [2.45, 2.75) is 6.92 Å². The Hall–Kier alpha value is -1.42. The summed E-state index contributed by atoms with van der Waals surface area (Å²) in [5.74, 6) is 1.24. The zero-order valence-electron chi connectivity index (χ0n) is 9.56. The first-order valence-corrected chi connectivity index (χ1v) is 5.46. The normalized spacial score (nSPS) is 24.4. The molecule has 0 spiro atoms. The second-order valence-electron chi connectivity index (χ2n) is 4.22. The van der Waals surface area contributed by atoms with Gasteiger partial charge in [-0.2, -0.15) is 0 Å². The Kier molecular flexibility index (Phi) is 3.19. The van der Waals surface area contributed by atoms with Crippen molar-refractivity contribution >= 4 is 5.78 Å². The smallest absolute Gasteiger partial charge is 0.169 e. The summed E-state index contributed by atoms with van der Waals surface area (Å²) in [7, 11) is 1.57. The highest BCUT2D eigenvalue weighted by atomic mass is 16.5. The highest BCUT2D eigenvalue weighted by Gasteiger charge is 2.30. The number of ether oxygens (including phenoxy) is 1. The van der Waals surface area contributed by atoms with Crippen molar-refractivity contribution in [2.24, 2.45) is 11.8 Å². The van der Waals surface area contributed by atoms with Crippen LogP contribution < -0.4 is 10.1 Å². The highest BCUT2D eigenvalue weighted by molar-refractivity contribution is 5.98. The number of ketones is 1. The molecule has 1 aliphatic heterocycles. The van der Waals surface area contributed by atoms with Gasteiger partial charge in [-0.15, -0.1) is 0 Å². The summed E-state index contributed by atoms with van der Waals surface area (Å²) in [6.07, 6.45) is 3.21. The molecule has 4 heteroatoms. The van der Waals surface area contributed by atoms with Crippen LogP contribution in [-0.4, -0.2) is 31.0 Å². The Morgan fingerprint density at radius 3 is 2.94 bits per heavy atom. The highest BCUT2D eigenvalue weighted by Crippen LogP contribution is 2.22. The minimum atomic E-state index is 0.0638. The predicted molar refractivity (Wildman–Crippen MR) is 60.6 cm³/mol. The lowest BCUT2D eigenvalue weighted by atomic mass is 9.90. The number of nitrogens with zero attached hydrogens (tertiary/aromatic N) is 1. The van der Waals surface area contributed by atoms with E-state index in [0.717, 1.165) is 13.1 Å². The van der Waals surface area contributed by atoms with E-state index in [2.05, 4.69) is 17.2 Å². The summed E-state index contributed by atoms with van der Waals surface area (Å²) in [5.41, 5.74) is 0.639. The van der Waals surface area contributed by atoms with Crippen LogP contribution in [-0.2, 0) is 0 Å². The van der Waals surface area contributed by atoms with Gasteiger partial charge in [-0.1, -0.05) is 6.92 Å². The summed E-state index contributed by atoms with van der Waals surface area (Å²) in [6.45, 7) is 3.77. The fraction of sp³-hybridized carbons (Fsp3) is 0.500. The van der Waals surface area contributed by atoms with Crippen LogP contribution in [0.4, 0.5) is 0 Å². The van der Waals surface area contributed by atoms with E-state index in [-0.39, 0.29) is 11.7 Å². The van der Waals surface area contributed by atoms with Gasteiger partial charge in [-0.25, -0.2) is 0 Å². The number of aromatic nitrogens is 1. The van der Waals surface area contributed by atoms with Gasteiger partial charge in [-0.3, -0.25) is 9.78 Å². The maximum atomic E-state index is 12.2. The van der Waals surface area contributed by atoms with E-state index in [4.69, 9.17) is 4.74 Å². The quantitative estimate of drug-likeness (QED) is 0.776. The van der Waals surface area contributed by atoms with Gasteiger partial charge in [0, 0.05) is 24.2 Å². The van der Waals surface area contributed by atoms with Crippen molar-refractivity contribution in [3.05, 3.63) is 24.0 Å². The average molecular weight is 220 g/mol. The molecule has 1 N–H and O–H groups in total. The molecule has 0 radical (unpaired) electrons. The van der Waals surface area contributed by atoms with Crippen LogP contribution in [0, 0.1) is 11.8 Å². The second-order valence-corrected chi connectivity index (χ2v) is 4.22. The number of hydrogen-bond donors (Lipinski definition) is 1. The molecular weight excluding hydrogens is 204 g/mol. The van der Waals surface area contributed by atoms with Crippen LogP contribution in [0.15, 0.2) is 18.5 Å². The van der Waals surface area contributed by atoms with Crippen molar-refractivity contribution < 1.29 is 9.53 Å². The largest absolute Gasteiger partial charge is 0.495 e. The number of hydrogen-bond acceptors (Lipinski definition) is 4. The summed E-state index contributed by atoms with van der Waals surface area (Å²) in [5, 5.41) is 3.23. The predicted octanol–water partition coefficient (Wildman–Crippen LogP) is 1.13. The van der Waals surface area contributed by atoms with E-state index in [0.29, 0.717) is 17.2 Å². The van der Waals surface area contributed by atoms with Crippen molar-refractivity contribution in [2.75, 3.05) is 20.2 Å². The molecule has 1 aliphatic rings. The van der Waals surface area contributed by atoms with Crippen molar-refractivity contribution in [3.8, 4) is 5.75 Å². The molecule has 2 heterocycles. The molecule has 1 aromatic rings. The van der Waals surface area contributed by atoms with E-state index in [1.54, 1.807) is 25.6 Å². The van der Waals surface area contributed by atoms with Crippen LogP contribution in [0.3, 0.4) is 0 Å². The van der Waals surface area contributed by atoms with Gasteiger partial charge in [0.25, 0.3) is 0 Å². The number of carbonyl (C=O) groups excluding carboxylic acids is 1. The molecule has 2 unspecified atom stereocenters. The zero-order valence-corrected chi connectivity index (χ0v) is 9.56. The van der Waals surface area contributed by atoms with Gasteiger partial charge < -0.3 is 10.1 Å². The van der Waals surface area contributed by atoms with Crippen LogP contribution in [0.1, 0.15) is 17.3 Å². The van der Waals surface area contributed by atoms with Gasteiger partial charge in [0.2, 0.25) is 0 Å². The van der Waals surface area contributed by atoms with Gasteiger partial charge in [0.1, 0.15) is 5.75 Å². The van der Waals surface area contributed by atoms with E-state index >= 15 is 0 Å². The molecule has 1 aromatic heterocycles. The number of rotatable bonds is 3. The van der Waals surface area contributed by atoms with Gasteiger partial charge >= 0.3 is 0 Å². The monoisotopic (exact) mass is 220 g/mol. The van der Waals surface area contributed by atoms with E-state index < -0.39 is 0 Å². The molecule has 1 fully saturated rings. The average Bonchev–Trinajstić information content (AvgIpc) is 2.74. The maximum Gasteiger partial charge on any atom is 0.169 e. The molecule has 0 amide bonds. The molecular formula is C12H16N2O2. The Morgan fingerprint density at radius 2 is 2.31 bits per heavy atom. The Labute approximate surface area is 95.0 Å². The third-order valence-corrected chi connectivity index (χ3v) is 3.09. The zero-order chi connectivity index (χ0) is 11.5. The third-order valence-electron chi connectivity index (χ3n) is 3.09. The van der Waals surface area contributed by atoms with Crippen LogP contribution >= 0.6 is 0 Å². The Balaban J connectivity index is 2.19. The summed E-state index contributed by atoms with van der Waals surface area (Å²) < 4.78 is 5.06. The van der Waals surface area contributed by atoms with E-state index in [9.17, 15) is 4.79 Å². The lowest BCUT2D eigenvalue weighted by Gasteiger charge is -2.12. The third kappa shape index (κ3) is 2.07. The SMILES string of the molecule is COc1cncc(C(=O)C2CNCC2C)c1. The first-order valence-electron chi connectivity index (χ1n) is 5.46. The van der Waals surface area contributed by atoms with E-state index in [1.165, 1.54) is 0 Å². The molecule has 0 bridgehead atoms. The van der Waals surface area contributed by atoms with Crippen LogP contribution in [0.2, 0.25) is 0 Å². The fourth-order valence-electron chi connectivity index (χ4n) is 2.04. The summed E-state index contributed by atoms with van der Waals surface area (Å²) >= 11 is 0. The second kappa shape index (κ2) is 4.61. The number of methoxy groups -OCH3 is 1. The van der Waals surface area contributed by atoms with E-state index in [1.807, 2.05) is 0 Å². The standard InChI is InChI=1S/C12H16N2O2/c1-8-4-13-7-11(8)12(15)9-3-10(16-2)6-14-5-9/h3,5-6,8,11,13H,4,7H2,1-2H3. The summed E-state index contributed by atoms with van der Waals surface area (Å²) in [6, 6.07) is 1.75. The minimum Gasteiger partial charge on any atom is -0.495 e. The maximum absolute atomic E-state index is 12.2. The van der Waals surface area contributed by atoms with Crippen molar-refractivity contribution in [1.29, 1.82) is 0 Å². The van der Waals surface area contributed by atoms with Crippen molar-refractivity contribution in [1.82, 2.24) is 10.3 Å². The minimum absolute atomic E-state index is 0.0638. The lowest BCUT2D eigenvalue weighted by Crippen LogP contribution is -2.21. The molecule has 1 saturated heterocycles. The van der Waals surface area contributed by atoms with Gasteiger partial charge in [0.05, 0.1) is 13.3 Å². The topological polar surface area (TPSA) is 51.2 Å². The molecule has 2 atom stereocenters. The number of nitrogens with one attached hydrogen (secondary N) is 1.